The van der Waals surface area contributed by atoms with Crippen LogP contribution in [-0.4, -0.2) is 17.5 Å². The molecule has 1 N–H and O–H groups in total. The number of rotatable bonds is 5. The molecule has 2 saturated carbocycles. The van der Waals surface area contributed by atoms with Gasteiger partial charge >= 0.3 is 0 Å². The van der Waals surface area contributed by atoms with Gasteiger partial charge in [0.05, 0.1) is 5.38 Å². The molecule has 0 aliphatic heterocycles. The van der Waals surface area contributed by atoms with Gasteiger partial charge in [0.2, 0.25) is 0 Å². The van der Waals surface area contributed by atoms with Crippen molar-refractivity contribution >= 4 is 11.6 Å². The molecule has 2 rings (SSSR count). The molecule has 1 nitrogen and oxygen atoms in total. The Morgan fingerprint density at radius 2 is 1.91 bits per heavy atom. The topological polar surface area (TPSA) is 12.0 Å². The third-order valence-corrected chi connectivity index (χ3v) is 7.40. The molecule has 0 radical (unpaired) electrons. The van der Waals surface area contributed by atoms with Crippen LogP contribution in [0.4, 0.5) is 0 Å². The lowest BCUT2D eigenvalue weighted by molar-refractivity contribution is -0.279. The highest BCUT2D eigenvalue weighted by Gasteiger charge is 2.73. The predicted molar refractivity (Wildman–Crippen MR) is 98.4 cm³/mol. The number of allylic oxidation sites excluding steroid dienone is 2. The van der Waals surface area contributed by atoms with E-state index >= 15 is 0 Å². The lowest BCUT2D eigenvalue weighted by Gasteiger charge is -2.78. The number of alkyl halides is 1. The van der Waals surface area contributed by atoms with Crippen LogP contribution in [0.25, 0.3) is 0 Å². The summed E-state index contributed by atoms with van der Waals surface area (Å²) < 4.78 is 0. The summed E-state index contributed by atoms with van der Waals surface area (Å²) >= 11 is 6.50. The average Bonchev–Trinajstić information content (AvgIpc) is 2.37. The van der Waals surface area contributed by atoms with Crippen molar-refractivity contribution < 1.29 is 0 Å². The predicted octanol–water partition coefficient (Wildman–Crippen LogP) is 5.56. The Labute approximate surface area is 142 Å². The normalized spacial score (nSPS) is 38.1. The van der Waals surface area contributed by atoms with Crippen LogP contribution in [0, 0.1) is 22.2 Å². The maximum atomic E-state index is 6.50. The van der Waals surface area contributed by atoms with Crippen molar-refractivity contribution in [2.45, 2.75) is 72.2 Å². The van der Waals surface area contributed by atoms with Crippen molar-refractivity contribution in [1.29, 1.82) is 0 Å². The number of hydrogen-bond donors (Lipinski definition) is 1. The van der Waals surface area contributed by atoms with Gasteiger partial charge in [-0.05, 0) is 61.3 Å². The summed E-state index contributed by atoms with van der Waals surface area (Å²) in [5.74, 6) is 0.872. The summed E-state index contributed by atoms with van der Waals surface area (Å²) in [6.07, 6.45) is 7.33. The van der Waals surface area contributed by atoms with E-state index < -0.39 is 0 Å². The number of nitrogens with one attached hydrogen (secondary N) is 1. The minimum atomic E-state index is -0.0488. The van der Waals surface area contributed by atoms with E-state index in [4.69, 9.17) is 11.6 Å². The van der Waals surface area contributed by atoms with Gasteiger partial charge in [-0.2, -0.15) is 0 Å². The van der Waals surface area contributed by atoms with E-state index in [-0.39, 0.29) is 16.3 Å². The first-order valence-electron chi connectivity index (χ1n) is 8.62. The van der Waals surface area contributed by atoms with Gasteiger partial charge in [-0.25, -0.2) is 0 Å². The Balaban J connectivity index is 2.01. The Morgan fingerprint density at radius 1 is 1.32 bits per heavy atom. The van der Waals surface area contributed by atoms with Gasteiger partial charge in [0.1, 0.15) is 0 Å². The largest absolute Gasteiger partial charge is 0.310 e. The smallest absolute Gasteiger partial charge is 0.0704 e. The van der Waals surface area contributed by atoms with Crippen molar-refractivity contribution in [3.63, 3.8) is 0 Å². The molecule has 0 aromatic rings. The first kappa shape index (κ1) is 18.1. The Morgan fingerprint density at radius 3 is 2.32 bits per heavy atom. The van der Waals surface area contributed by atoms with E-state index in [0.717, 1.165) is 18.0 Å². The van der Waals surface area contributed by atoms with Crippen LogP contribution < -0.4 is 5.32 Å². The fourth-order valence-electron chi connectivity index (χ4n) is 4.83. The quantitative estimate of drug-likeness (QED) is 0.516. The van der Waals surface area contributed by atoms with E-state index in [1.54, 1.807) is 0 Å². The second kappa shape index (κ2) is 5.38. The maximum absolute atomic E-state index is 6.50. The molecule has 0 heterocycles. The van der Waals surface area contributed by atoms with Crippen LogP contribution in [-0.2, 0) is 0 Å². The van der Waals surface area contributed by atoms with E-state index in [1.165, 1.54) is 12.8 Å². The SMILES string of the molecule is C=C(/C=C\C1(C)C(C)(C)C2CCC21C)C(Cl)CNC(C)(C)C. The van der Waals surface area contributed by atoms with Gasteiger partial charge in [0.15, 0.2) is 0 Å². The van der Waals surface area contributed by atoms with Crippen molar-refractivity contribution in [1.82, 2.24) is 5.32 Å². The summed E-state index contributed by atoms with van der Waals surface area (Å²) in [4.78, 5) is 0. The van der Waals surface area contributed by atoms with Crippen LogP contribution in [0.1, 0.15) is 61.3 Å². The van der Waals surface area contributed by atoms with Gasteiger partial charge in [0.25, 0.3) is 0 Å². The minimum absolute atomic E-state index is 0.0488. The first-order valence-corrected chi connectivity index (χ1v) is 9.06. The highest BCUT2D eigenvalue weighted by Crippen LogP contribution is 2.80. The zero-order valence-electron chi connectivity index (χ0n) is 15.5. The van der Waals surface area contributed by atoms with Gasteiger partial charge in [0, 0.05) is 12.1 Å². The Hall–Kier alpha value is -0.270. The van der Waals surface area contributed by atoms with Gasteiger partial charge in [-0.3, -0.25) is 0 Å². The molecule has 2 aliphatic carbocycles. The highest BCUT2D eigenvalue weighted by atomic mass is 35.5. The zero-order valence-corrected chi connectivity index (χ0v) is 16.3. The molecule has 0 aromatic carbocycles. The highest BCUT2D eigenvalue weighted by molar-refractivity contribution is 6.22. The lowest BCUT2D eigenvalue weighted by Crippen LogP contribution is -2.72. The lowest BCUT2D eigenvalue weighted by atomic mass is 9.26. The Kier molecular flexibility index (Phi) is 4.42. The summed E-state index contributed by atoms with van der Waals surface area (Å²) in [6, 6.07) is 0. The Bertz CT molecular complexity index is 471. The fourth-order valence-corrected chi connectivity index (χ4v) is 4.98. The summed E-state index contributed by atoms with van der Waals surface area (Å²) in [6.45, 7) is 21.1. The average molecular weight is 324 g/mol. The summed E-state index contributed by atoms with van der Waals surface area (Å²) in [5, 5.41) is 3.40. The molecule has 0 saturated heterocycles. The monoisotopic (exact) mass is 323 g/mol. The molecule has 2 heteroatoms. The standard InChI is InChI=1S/C20H34ClN/c1-14(15(21)13-22-17(2,3)4)9-12-20(8)18(5,6)16-10-11-19(16,20)7/h9,12,15-16,22H,1,10-11,13H2,2-8H3/b12-9-. The second-order valence-electron chi connectivity index (χ2n) is 9.44. The van der Waals surface area contributed by atoms with Crippen LogP contribution >= 0.6 is 11.6 Å². The molecule has 126 valence electrons. The second-order valence-corrected chi connectivity index (χ2v) is 9.97. The number of fused-ring (bicyclic) bond motifs is 1. The molecule has 0 aromatic heterocycles. The minimum Gasteiger partial charge on any atom is -0.310 e. The van der Waals surface area contributed by atoms with E-state index in [0.29, 0.717) is 10.8 Å². The molecule has 4 atom stereocenters. The van der Waals surface area contributed by atoms with E-state index in [2.05, 4.69) is 72.5 Å². The van der Waals surface area contributed by atoms with Gasteiger partial charge in [-0.15, -0.1) is 11.6 Å². The van der Waals surface area contributed by atoms with Crippen LogP contribution in [0.15, 0.2) is 24.3 Å². The molecule has 4 unspecified atom stereocenters. The summed E-state index contributed by atoms with van der Waals surface area (Å²) in [5.41, 5.74) is 2.20. The summed E-state index contributed by atoms with van der Waals surface area (Å²) in [7, 11) is 0. The van der Waals surface area contributed by atoms with Crippen LogP contribution in [0.2, 0.25) is 0 Å². The molecular formula is C20H34ClN. The molecule has 0 bridgehead atoms. The molecule has 22 heavy (non-hydrogen) atoms. The van der Waals surface area contributed by atoms with Crippen LogP contribution in [0.5, 0.6) is 0 Å². The number of halogens is 1. The van der Waals surface area contributed by atoms with Crippen molar-refractivity contribution in [3.05, 3.63) is 24.3 Å². The molecular weight excluding hydrogens is 290 g/mol. The zero-order chi connectivity index (χ0) is 17.0. The third kappa shape index (κ3) is 2.59. The molecule has 0 amide bonds. The molecule has 2 fully saturated rings. The van der Waals surface area contributed by atoms with Gasteiger partial charge < -0.3 is 5.32 Å². The van der Waals surface area contributed by atoms with Crippen molar-refractivity contribution in [2.75, 3.05) is 6.54 Å². The third-order valence-electron chi connectivity index (χ3n) is 6.96. The fraction of sp³-hybridized carbons (Fsp3) is 0.800. The number of hydrogen-bond acceptors (Lipinski definition) is 1. The van der Waals surface area contributed by atoms with Gasteiger partial charge in [-0.1, -0.05) is 46.4 Å². The van der Waals surface area contributed by atoms with Crippen molar-refractivity contribution in [2.24, 2.45) is 22.2 Å². The van der Waals surface area contributed by atoms with E-state index in [1.807, 2.05) is 0 Å². The van der Waals surface area contributed by atoms with Crippen molar-refractivity contribution in [3.8, 4) is 0 Å². The van der Waals surface area contributed by atoms with Crippen LogP contribution in [0.3, 0.4) is 0 Å². The molecule has 2 aliphatic rings. The first-order chi connectivity index (χ1) is 9.85. The molecule has 0 spiro atoms. The van der Waals surface area contributed by atoms with E-state index in [9.17, 15) is 0 Å². The maximum Gasteiger partial charge on any atom is 0.0704 e.